The molecule has 1 aliphatic rings. The maximum absolute atomic E-state index is 12.3. The molecule has 1 aliphatic carbocycles. The zero-order valence-corrected chi connectivity index (χ0v) is 13.5. The zero-order valence-electron chi connectivity index (χ0n) is 12.7. The van der Waals surface area contributed by atoms with E-state index in [1.807, 2.05) is 20.9 Å². The summed E-state index contributed by atoms with van der Waals surface area (Å²) in [6.07, 6.45) is 3.08. The van der Waals surface area contributed by atoms with Gasteiger partial charge in [-0.25, -0.2) is 0 Å². The van der Waals surface area contributed by atoms with E-state index in [0.717, 1.165) is 30.8 Å². The van der Waals surface area contributed by atoms with Crippen molar-refractivity contribution in [2.75, 3.05) is 24.2 Å². The Kier molecular flexibility index (Phi) is 4.58. The maximum Gasteiger partial charge on any atom is 0.178 e. The van der Waals surface area contributed by atoms with Crippen molar-refractivity contribution in [1.82, 2.24) is 0 Å². The van der Waals surface area contributed by atoms with Crippen LogP contribution in [0.2, 0.25) is 0 Å². The van der Waals surface area contributed by atoms with Gasteiger partial charge in [0.25, 0.3) is 0 Å². The minimum absolute atomic E-state index is 0.0459. The number of Topliss-reactive ketones (excluding diaryl/α,β-unsaturated/α-hetero) is 1. The molecule has 0 radical (unpaired) electrons. The minimum Gasteiger partial charge on any atom is -0.486 e. The number of rotatable bonds is 7. The number of anilines is 2. The van der Waals surface area contributed by atoms with Crippen LogP contribution in [0.4, 0.5) is 10.7 Å². The van der Waals surface area contributed by atoms with Crippen LogP contribution in [0.5, 0.6) is 5.75 Å². The Labute approximate surface area is 124 Å². The summed E-state index contributed by atoms with van der Waals surface area (Å²) >= 11 is 1.48. The van der Waals surface area contributed by atoms with Crippen molar-refractivity contribution in [1.29, 1.82) is 0 Å². The highest BCUT2D eigenvalue weighted by Gasteiger charge is 2.35. The van der Waals surface area contributed by atoms with Gasteiger partial charge in [-0.05, 0) is 33.1 Å². The molecule has 1 aromatic rings. The third kappa shape index (κ3) is 3.08. The summed E-state index contributed by atoms with van der Waals surface area (Å²) in [5, 5.41) is 0.974. The highest BCUT2D eigenvalue weighted by molar-refractivity contribution is 7.19. The quantitative estimate of drug-likeness (QED) is 0.782. The van der Waals surface area contributed by atoms with Crippen LogP contribution in [0.15, 0.2) is 0 Å². The van der Waals surface area contributed by atoms with Crippen LogP contribution >= 0.6 is 11.3 Å². The number of ketones is 1. The lowest BCUT2D eigenvalue weighted by Crippen LogP contribution is -2.18. The third-order valence-corrected chi connectivity index (χ3v) is 4.63. The van der Waals surface area contributed by atoms with E-state index in [4.69, 9.17) is 10.5 Å². The number of carbonyl (C=O) groups is 1. The first kappa shape index (κ1) is 15.2. The van der Waals surface area contributed by atoms with E-state index in [1.54, 1.807) is 0 Å². The summed E-state index contributed by atoms with van der Waals surface area (Å²) in [6, 6.07) is 0. The molecule has 1 heterocycles. The molecule has 0 aromatic carbocycles. The largest absolute Gasteiger partial charge is 0.486 e. The summed E-state index contributed by atoms with van der Waals surface area (Å²) in [4.78, 5) is 15.1. The second kappa shape index (κ2) is 6.04. The molecule has 4 nitrogen and oxygen atoms in total. The van der Waals surface area contributed by atoms with Crippen LogP contribution in [0.3, 0.4) is 0 Å². The van der Waals surface area contributed by atoms with Crippen molar-refractivity contribution in [3.05, 3.63) is 4.88 Å². The Balaban J connectivity index is 2.36. The molecule has 1 saturated carbocycles. The second-order valence-corrected chi connectivity index (χ2v) is 6.70. The molecule has 2 rings (SSSR count). The molecule has 0 spiro atoms. The van der Waals surface area contributed by atoms with Crippen molar-refractivity contribution in [3.8, 4) is 5.75 Å². The van der Waals surface area contributed by atoms with Crippen LogP contribution in [-0.2, 0) is 0 Å². The van der Waals surface area contributed by atoms with E-state index in [-0.39, 0.29) is 17.8 Å². The number of carbonyl (C=O) groups excluding carboxylic acids is 1. The SMILES string of the molecule is CCCN(C)c1sc(C(=O)C2CC2)c(N)c1OC(C)C. The average Bonchev–Trinajstić information content (AvgIpc) is 3.16. The number of nitrogen functional groups attached to an aromatic ring is 1. The first-order chi connectivity index (χ1) is 9.45. The van der Waals surface area contributed by atoms with Crippen LogP contribution in [0, 0.1) is 5.92 Å². The monoisotopic (exact) mass is 296 g/mol. The molecular formula is C15H24N2O2S. The van der Waals surface area contributed by atoms with Gasteiger partial charge in [-0.3, -0.25) is 4.79 Å². The van der Waals surface area contributed by atoms with Gasteiger partial charge in [0.15, 0.2) is 11.5 Å². The van der Waals surface area contributed by atoms with E-state index < -0.39 is 0 Å². The summed E-state index contributed by atoms with van der Waals surface area (Å²) in [7, 11) is 2.02. The van der Waals surface area contributed by atoms with Gasteiger partial charge in [-0.2, -0.15) is 0 Å². The summed E-state index contributed by atoms with van der Waals surface area (Å²) in [6.45, 7) is 7.00. The average molecular weight is 296 g/mol. The third-order valence-electron chi connectivity index (χ3n) is 3.31. The van der Waals surface area contributed by atoms with Crippen molar-refractivity contribution >= 4 is 27.8 Å². The molecule has 2 N–H and O–H groups in total. The molecule has 1 aromatic heterocycles. The lowest BCUT2D eigenvalue weighted by molar-refractivity contribution is 0.0972. The first-order valence-electron chi connectivity index (χ1n) is 7.29. The molecule has 0 bridgehead atoms. The lowest BCUT2D eigenvalue weighted by Gasteiger charge is -2.19. The number of nitrogens with two attached hydrogens (primary N) is 1. The molecule has 1 fully saturated rings. The molecule has 5 heteroatoms. The van der Waals surface area contributed by atoms with E-state index >= 15 is 0 Å². The number of nitrogens with zero attached hydrogens (tertiary/aromatic N) is 1. The summed E-state index contributed by atoms with van der Waals surface area (Å²) in [5.41, 5.74) is 6.72. The van der Waals surface area contributed by atoms with Crippen molar-refractivity contribution in [2.24, 2.45) is 5.92 Å². The number of hydrogen-bond acceptors (Lipinski definition) is 5. The minimum atomic E-state index is 0.0459. The van der Waals surface area contributed by atoms with Gasteiger partial charge in [0.05, 0.1) is 16.7 Å². The fourth-order valence-electron chi connectivity index (χ4n) is 2.17. The van der Waals surface area contributed by atoms with E-state index in [1.165, 1.54) is 11.3 Å². The number of thiophene rings is 1. The van der Waals surface area contributed by atoms with Crippen molar-refractivity contribution < 1.29 is 9.53 Å². The second-order valence-electron chi connectivity index (χ2n) is 5.71. The normalized spacial score (nSPS) is 14.7. The Morgan fingerprint density at radius 2 is 2.15 bits per heavy atom. The predicted molar refractivity (Wildman–Crippen MR) is 85.1 cm³/mol. The van der Waals surface area contributed by atoms with Gasteiger partial charge in [-0.15, -0.1) is 11.3 Å². The Bertz CT molecular complexity index is 492. The fourth-order valence-corrected chi connectivity index (χ4v) is 3.33. The highest BCUT2D eigenvalue weighted by Crippen LogP contribution is 2.47. The lowest BCUT2D eigenvalue weighted by atomic mass is 10.2. The zero-order chi connectivity index (χ0) is 14.9. The Hall–Kier alpha value is -1.23. The van der Waals surface area contributed by atoms with Crippen LogP contribution < -0.4 is 15.4 Å². The van der Waals surface area contributed by atoms with Gasteiger partial charge in [0.1, 0.15) is 5.00 Å². The van der Waals surface area contributed by atoms with E-state index in [2.05, 4.69) is 11.8 Å². The number of ether oxygens (including phenoxy) is 1. The molecule has 0 atom stereocenters. The predicted octanol–water partition coefficient (Wildman–Crippen LogP) is 3.56. The molecule has 0 saturated heterocycles. The van der Waals surface area contributed by atoms with Gasteiger partial charge in [-0.1, -0.05) is 6.92 Å². The van der Waals surface area contributed by atoms with Crippen LogP contribution in [0.1, 0.15) is 49.7 Å². The topological polar surface area (TPSA) is 55.6 Å². The van der Waals surface area contributed by atoms with Crippen molar-refractivity contribution in [3.63, 3.8) is 0 Å². The number of hydrogen-bond donors (Lipinski definition) is 1. The smallest absolute Gasteiger partial charge is 0.178 e. The molecule has 20 heavy (non-hydrogen) atoms. The van der Waals surface area contributed by atoms with E-state index in [9.17, 15) is 4.79 Å². The molecule has 0 aliphatic heterocycles. The van der Waals surface area contributed by atoms with Crippen LogP contribution in [0.25, 0.3) is 0 Å². The Morgan fingerprint density at radius 1 is 1.50 bits per heavy atom. The van der Waals surface area contributed by atoms with Crippen LogP contribution in [-0.4, -0.2) is 25.5 Å². The highest BCUT2D eigenvalue weighted by atomic mass is 32.1. The van der Waals surface area contributed by atoms with Gasteiger partial charge >= 0.3 is 0 Å². The maximum atomic E-state index is 12.3. The van der Waals surface area contributed by atoms with Gasteiger partial charge in [0.2, 0.25) is 0 Å². The van der Waals surface area contributed by atoms with Gasteiger partial charge in [0, 0.05) is 19.5 Å². The van der Waals surface area contributed by atoms with Gasteiger partial charge < -0.3 is 15.4 Å². The molecule has 0 amide bonds. The molecular weight excluding hydrogens is 272 g/mol. The molecule has 112 valence electrons. The standard InChI is InChI=1S/C15H24N2O2S/c1-5-8-17(4)15-13(19-9(2)3)11(16)14(20-15)12(18)10-6-7-10/h9-10H,5-8,16H2,1-4H3. The first-order valence-corrected chi connectivity index (χ1v) is 8.11. The van der Waals surface area contributed by atoms with E-state index in [0.29, 0.717) is 16.3 Å². The fraction of sp³-hybridized carbons (Fsp3) is 0.667. The Morgan fingerprint density at radius 3 is 2.65 bits per heavy atom. The summed E-state index contributed by atoms with van der Waals surface area (Å²) < 4.78 is 5.87. The summed E-state index contributed by atoms with van der Waals surface area (Å²) in [5.74, 6) is 1.06. The van der Waals surface area contributed by atoms with Crippen molar-refractivity contribution in [2.45, 2.75) is 46.1 Å². The molecule has 0 unspecified atom stereocenters.